The van der Waals surface area contributed by atoms with Crippen LogP contribution in [0.2, 0.25) is 5.02 Å². The zero-order valence-corrected chi connectivity index (χ0v) is 21.2. The molecule has 0 unspecified atom stereocenters. The highest BCUT2D eigenvalue weighted by Crippen LogP contribution is 2.24. The molecule has 0 bridgehead atoms. The quantitative estimate of drug-likeness (QED) is 0.485. The lowest BCUT2D eigenvalue weighted by Crippen LogP contribution is -2.47. The van der Waals surface area contributed by atoms with E-state index in [1.807, 2.05) is 18.2 Å². The fourth-order valence-corrected chi connectivity index (χ4v) is 5.36. The lowest BCUT2D eigenvalue weighted by Gasteiger charge is -2.36. The van der Waals surface area contributed by atoms with Crippen LogP contribution in [0.5, 0.6) is 0 Å². The molecule has 3 aromatic rings. The number of piperidine rings is 1. The molecule has 186 valence electrons. The van der Waals surface area contributed by atoms with E-state index < -0.39 is 0 Å². The van der Waals surface area contributed by atoms with Crippen molar-refractivity contribution in [3.05, 3.63) is 53.1 Å². The molecule has 2 N–H and O–H groups in total. The standard InChI is InChI=1S/C27H35ClN6O/c1-20-6-7-24-25(18-20)31-27(30-24)34-12-8-21(9-13-34)26(35)29-10-3-11-32-14-16-33(17-15-32)23-5-2-4-22(28)19-23/h2,4-7,18-19,21H,3,8-17H2,1H3,(H,29,35)(H,30,31). The van der Waals surface area contributed by atoms with Crippen LogP contribution in [0.4, 0.5) is 11.6 Å². The van der Waals surface area contributed by atoms with Crippen LogP contribution in [0, 0.1) is 12.8 Å². The Morgan fingerprint density at radius 1 is 1.06 bits per heavy atom. The second-order valence-corrected chi connectivity index (χ2v) is 10.2. The molecule has 0 atom stereocenters. The fraction of sp³-hybridized carbons (Fsp3) is 0.481. The van der Waals surface area contributed by atoms with Gasteiger partial charge in [0.25, 0.3) is 0 Å². The average Bonchev–Trinajstić information content (AvgIpc) is 3.30. The smallest absolute Gasteiger partial charge is 0.223 e. The predicted octanol–water partition coefficient (Wildman–Crippen LogP) is 4.07. The summed E-state index contributed by atoms with van der Waals surface area (Å²) in [5, 5.41) is 3.97. The number of H-pyrrole nitrogens is 1. The maximum Gasteiger partial charge on any atom is 0.223 e. The average molecular weight is 495 g/mol. The van der Waals surface area contributed by atoms with E-state index in [-0.39, 0.29) is 11.8 Å². The number of amides is 1. The number of rotatable bonds is 7. The van der Waals surface area contributed by atoms with E-state index in [9.17, 15) is 4.79 Å². The number of aromatic amines is 1. The van der Waals surface area contributed by atoms with E-state index in [0.717, 1.165) is 93.6 Å². The van der Waals surface area contributed by atoms with Gasteiger partial charge in [-0.1, -0.05) is 23.7 Å². The Kier molecular flexibility index (Phi) is 7.44. The van der Waals surface area contributed by atoms with Crippen LogP contribution in [0.25, 0.3) is 11.0 Å². The maximum atomic E-state index is 12.7. The van der Waals surface area contributed by atoms with Gasteiger partial charge in [0.15, 0.2) is 0 Å². The first-order valence-electron chi connectivity index (χ1n) is 12.8. The van der Waals surface area contributed by atoms with E-state index in [2.05, 4.69) is 56.2 Å². The third kappa shape index (κ3) is 5.90. The molecule has 1 aromatic heterocycles. The minimum Gasteiger partial charge on any atom is -0.369 e. The van der Waals surface area contributed by atoms with Crippen molar-refractivity contribution in [2.24, 2.45) is 5.92 Å². The van der Waals surface area contributed by atoms with Gasteiger partial charge in [0.1, 0.15) is 0 Å². The first-order chi connectivity index (χ1) is 17.0. The molecule has 5 rings (SSSR count). The number of imidazole rings is 1. The van der Waals surface area contributed by atoms with Gasteiger partial charge in [-0.15, -0.1) is 0 Å². The lowest BCUT2D eigenvalue weighted by atomic mass is 9.96. The number of nitrogens with zero attached hydrogens (tertiary/aromatic N) is 4. The molecule has 0 spiro atoms. The van der Waals surface area contributed by atoms with Crippen molar-refractivity contribution in [3.63, 3.8) is 0 Å². The number of carbonyl (C=O) groups is 1. The van der Waals surface area contributed by atoms with Crippen molar-refractivity contribution < 1.29 is 4.79 Å². The Morgan fingerprint density at radius 2 is 1.86 bits per heavy atom. The number of nitrogens with one attached hydrogen (secondary N) is 2. The summed E-state index contributed by atoms with van der Waals surface area (Å²) in [7, 11) is 0. The third-order valence-corrected chi connectivity index (χ3v) is 7.52. The van der Waals surface area contributed by atoms with E-state index in [4.69, 9.17) is 16.6 Å². The number of aryl methyl sites for hydroxylation is 1. The SMILES string of the molecule is Cc1ccc2nc(N3CCC(C(=O)NCCCN4CCN(c5cccc(Cl)c5)CC4)CC3)[nH]c2c1. The highest BCUT2D eigenvalue weighted by atomic mass is 35.5. The van der Waals surface area contributed by atoms with Crippen LogP contribution >= 0.6 is 11.6 Å². The van der Waals surface area contributed by atoms with Crippen molar-refractivity contribution >= 4 is 40.2 Å². The Balaban J connectivity index is 0.993. The molecule has 2 aliphatic heterocycles. The molecule has 3 heterocycles. The van der Waals surface area contributed by atoms with Crippen molar-refractivity contribution in [2.75, 3.05) is 62.2 Å². The summed E-state index contributed by atoms with van der Waals surface area (Å²) in [4.78, 5) is 28.0. The highest BCUT2D eigenvalue weighted by Gasteiger charge is 2.26. The summed E-state index contributed by atoms with van der Waals surface area (Å²) in [5.74, 6) is 1.22. The van der Waals surface area contributed by atoms with Gasteiger partial charge in [-0.3, -0.25) is 9.69 Å². The summed E-state index contributed by atoms with van der Waals surface area (Å²) in [6, 6.07) is 14.4. The summed E-state index contributed by atoms with van der Waals surface area (Å²) in [6.45, 7) is 9.67. The van der Waals surface area contributed by atoms with Crippen molar-refractivity contribution in [1.82, 2.24) is 20.2 Å². The number of aromatic nitrogens is 2. The molecule has 35 heavy (non-hydrogen) atoms. The largest absolute Gasteiger partial charge is 0.369 e. The molecule has 0 aliphatic carbocycles. The number of anilines is 2. The molecule has 8 heteroatoms. The normalized spacial score (nSPS) is 17.8. The molecule has 1 amide bonds. The topological polar surface area (TPSA) is 67.5 Å². The minimum atomic E-state index is 0.0964. The Morgan fingerprint density at radius 3 is 2.63 bits per heavy atom. The zero-order chi connectivity index (χ0) is 24.2. The number of hydrogen-bond acceptors (Lipinski definition) is 5. The molecule has 0 radical (unpaired) electrons. The van der Waals surface area contributed by atoms with E-state index in [1.165, 1.54) is 11.3 Å². The van der Waals surface area contributed by atoms with Gasteiger partial charge in [0, 0.05) is 62.4 Å². The number of fused-ring (bicyclic) bond motifs is 1. The molecule has 2 saturated heterocycles. The van der Waals surface area contributed by atoms with Gasteiger partial charge in [-0.25, -0.2) is 4.98 Å². The van der Waals surface area contributed by atoms with Crippen LogP contribution in [-0.4, -0.2) is 73.1 Å². The minimum absolute atomic E-state index is 0.0964. The van der Waals surface area contributed by atoms with Crippen LogP contribution < -0.4 is 15.1 Å². The van der Waals surface area contributed by atoms with Gasteiger partial charge in [-0.2, -0.15) is 0 Å². The van der Waals surface area contributed by atoms with Gasteiger partial charge in [0.05, 0.1) is 11.0 Å². The molecular weight excluding hydrogens is 460 g/mol. The summed E-state index contributed by atoms with van der Waals surface area (Å²) >= 11 is 6.14. The Bertz CT molecular complexity index is 1150. The van der Waals surface area contributed by atoms with Gasteiger partial charge < -0.3 is 20.1 Å². The Hall–Kier alpha value is -2.77. The van der Waals surface area contributed by atoms with Crippen molar-refractivity contribution in [1.29, 1.82) is 0 Å². The second-order valence-electron chi connectivity index (χ2n) is 9.80. The number of benzene rings is 2. The highest BCUT2D eigenvalue weighted by molar-refractivity contribution is 6.30. The predicted molar refractivity (Wildman–Crippen MR) is 143 cm³/mol. The van der Waals surface area contributed by atoms with Crippen LogP contribution in [0.1, 0.15) is 24.8 Å². The zero-order valence-electron chi connectivity index (χ0n) is 20.5. The van der Waals surface area contributed by atoms with Gasteiger partial charge >= 0.3 is 0 Å². The van der Waals surface area contributed by atoms with E-state index in [1.54, 1.807) is 0 Å². The van der Waals surface area contributed by atoms with Crippen LogP contribution in [0.15, 0.2) is 42.5 Å². The summed E-state index contributed by atoms with van der Waals surface area (Å²) in [5.41, 5.74) is 4.50. The molecule has 2 fully saturated rings. The number of halogens is 1. The monoisotopic (exact) mass is 494 g/mol. The number of piperazine rings is 1. The van der Waals surface area contributed by atoms with Crippen molar-refractivity contribution in [2.45, 2.75) is 26.2 Å². The lowest BCUT2D eigenvalue weighted by molar-refractivity contribution is -0.125. The maximum absolute atomic E-state index is 12.7. The van der Waals surface area contributed by atoms with E-state index >= 15 is 0 Å². The first-order valence-corrected chi connectivity index (χ1v) is 13.1. The molecule has 0 saturated carbocycles. The fourth-order valence-electron chi connectivity index (χ4n) is 5.17. The van der Waals surface area contributed by atoms with Crippen LogP contribution in [0.3, 0.4) is 0 Å². The summed E-state index contributed by atoms with van der Waals surface area (Å²) in [6.07, 6.45) is 2.72. The number of carbonyl (C=O) groups excluding carboxylic acids is 1. The molecule has 7 nitrogen and oxygen atoms in total. The molecule has 2 aromatic carbocycles. The van der Waals surface area contributed by atoms with E-state index in [0.29, 0.717) is 0 Å². The Labute approximate surface area is 212 Å². The third-order valence-electron chi connectivity index (χ3n) is 7.29. The summed E-state index contributed by atoms with van der Waals surface area (Å²) < 4.78 is 0. The number of hydrogen-bond donors (Lipinski definition) is 2. The van der Waals surface area contributed by atoms with Gasteiger partial charge in [-0.05, 0) is 68.6 Å². The molecular formula is C27H35ClN6O. The molecule has 2 aliphatic rings. The first kappa shape index (κ1) is 23.9. The second kappa shape index (κ2) is 10.9. The van der Waals surface area contributed by atoms with Gasteiger partial charge in [0.2, 0.25) is 11.9 Å². The van der Waals surface area contributed by atoms with Crippen molar-refractivity contribution in [3.8, 4) is 0 Å². The van der Waals surface area contributed by atoms with Crippen LogP contribution in [-0.2, 0) is 4.79 Å².